The topological polar surface area (TPSA) is 93.0 Å². The summed E-state index contributed by atoms with van der Waals surface area (Å²) in [5.41, 5.74) is 7.84. The van der Waals surface area contributed by atoms with Crippen LogP contribution in [0.1, 0.15) is 35.1 Å². The number of hydrogen-bond donors (Lipinski definition) is 3. The number of halogens is 1. The second kappa shape index (κ2) is 8.70. The molecule has 4 N–H and O–H groups in total. The van der Waals surface area contributed by atoms with E-state index in [2.05, 4.69) is 15.5 Å². The van der Waals surface area contributed by atoms with Crippen molar-refractivity contribution in [3.05, 3.63) is 46.2 Å². The lowest BCUT2D eigenvalue weighted by molar-refractivity contribution is 0.0940. The van der Waals surface area contributed by atoms with Gasteiger partial charge >= 0.3 is 0 Å². The van der Waals surface area contributed by atoms with Crippen LogP contribution in [-0.2, 0) is 6.42 Å². The number of nitrogens with zero attached hydrogens (tertiary/aromatic N) is 1. The number of aryl methyl sites for hydroxylation is 1. The second-order valence-electron chi connectivity index (χ2n) is 5.76. The molecular weight excluding hydrogens is 328 g/mol. The van der Waals surface area contributed by atoms with E-state index in [0.717, 1.165) is 17.8 Å². The quantitative estimate of drug-likeness (QED) is 0.637. The van der Waals surface area contributed by atoms with Crippen LogP contribution < -0.4 is 15.8 Å². The first-order valence-electron chi connectivity index (χ1n) is 7.93. The van der Waals surface area contributed by atoms with Gasteiger partial charge in [0.2, 0.25) is 0 Å². The molecule has 0 saturated heterocycles. The van der Waals surface area contributed by atoms with Crippen molar-refractivity contribution < 1.29 is 9.53 Å². The van der Waals surface area contributed by atoms with E-state index in [-0.39, 0.29) is 11.9 Å². The molecule has 2 rings (SSSR count). The molecule has 0 aliphatic carbocycles. The van der Waals surface area contributed by atoms with Crippen LogP contribution in [0.3, 0.4) is 0 Å². The van der Waals surface area contributed by atoms with Gasteiger partial charge in [0.05, 0.1) is 17.3 Å². The average Bonchev–Trinajstić information content (AvgIpc) is 2.93. The van der Waals surface area contributed by atoms with Crippen molar-refractivity contribution in [2.24, 2.45) is 5.73 Å². The van der Waals surface area contributed by atoms with Gasteiger partial charge in [-0.1, -0.05) is 11.6 Å². The Morgan fingerprint density at radius 3 is 2.88 bits per heavy atom. The summed E-state index contributed by atoms with van der Waals surface area (Å²) in [4.78, 5) is 12.3. The van der Waals surface area contributed by atoms with Crippen molar-refractivity contribution in [1.29, 1.82) is 0 Å². The summed E-state index contributed by atoms with van der Waals surface area (Å²) < 4.78 is 5.52. The third-order valence-corrected chi connectivity index (χ3v) is 3.75. The number of amides is 1. The number of nitrogens with two attached hydrogens (primary N) is 1. The number of aromatic nitrogens is 2. The fourth-order valence-electron chi connectivity index (χ4n) is 2.28. The smallest absolute Gasteiger partial charge is 0.251 e. The maximum Gasteiger partial charge on any atom is 0.251 e. The fraction of sp³-hybridized carbons (Fsp3) is 0.412. The van der Waals surface area contributed by atoms with E-state index >= 15 is 0 Å². The first-order chi connectivity index (χ1) is 11.5. The molecule has 0 unspecified atom stereocenters. The highest BCUT2D eigenvalue weighted by atomic mass is 35.5. The Balaban J connectivity index is 1.92. The van der Waals surface area contributed by atoms with Gasteiger partial charge in [0.25, 0.3) is 5.91 Å². The minimum absolute atomic E-state index is 0.0422. The lowest BCUT2D eigenvalue weighted by Crippen LogP contribution is -2.34. The van der Waals surface area contributed by atoms with Crippen LogP contribution in [0.5, 0.6) is 5.75 Å². The van der Waals surface area contributed by atoms with Crippen molar-refractivity contribution in [2.45, 2.75) is 32.7 Å². The number of hydrogen-bond acceptors (Lipinski definition) is 4. The summed E-state index contributed by atoms with van der Waals surface area (Å²) >= 11 is 6.17. The zero-order valence-electron chi connectivity index (χ0n) is 13.9. The Labute approximate surface area is 146 Å². The minimum atomic E-state index is -0.176. The van der Waals surface area contributed by atoms with Crippen molar-refractivity contribution in [2.75, 3.05) is 13.2 Å². The molecule has 130 valence electrons. The average molecular weight is 351 g/mol. The van der Waals surface area contributed by atoms with Gasteiger partial charge in [-0.15, -0.1) is 0 Å². The number of H-pyrrole nitrogens is 1. The molecule has 0 bridgehead atoms. The minimum Gasteiger partial charge on any atom is -0.492 e. The monoisotopic (exact) mass is 350 g/mol. The number of aromatic amines is 1. The van der Waals surface area contributed by atoms with Gasteiger partial charge < -0.3 is 15.8 Å². The molecule has 0 saturated carbocycles. The molecule has 1 heterocycles. The fourth-order valence-corrected chi connectivity index (χ4v) is 2.51. The highest BCUT2D eigenvalue weighted by Gasteiger charge is 2.13. The van der Waals surface area contributed by atoms with Gasteiger partial charge in [-0.2, -0.15) is 5.10 Å². The van der Waals surface area contributed by atoms with E-state index in [4.69, 9.17) is 22.1 Å². The molecular formula is C17H23ClN4O2. The molecule has 0 fully saturated rings. The molecule has 1 atom stereocenters. The largest absolute Gasteiger partial charge is 0.492 e. The van der Waals surface area contributed by atoms with Crippen molar-refractivity contribution in [1.82, 2.24) is 15.5 Å². The Morgan fingerprint density at radius 1 is 1.46 bits per heavy atom. The van der Waals surface area contributed by atoms with E-state index in [9.17, 15) is 4.79 Å². The molecule has 6 nitrogen and oxygen atoms in total. The standard InChI is InChI=1S/C17H23ClN4O2/c1-11(8-14-9-12(2)21-22-14)20-17(23)13-4-5-16(15(18)10-13)24-7-3-6-19/h4-5,9-11H,3,6-8,19H2,1-2H3,(H,20,23)(H,21,22)/t11-/m1/s1. The van der Waals surface area contributed by atoms with E-state index < -0.39 is 0 Å². The molecule has 1 aromatic heterocycles. The number of carbonyl (C=O) groups is 1. The number of nitrogens with one attached hydrogen (secondary N) is 2. The van der Waals surface area contributed by atoms with E-state index in [0.29, 0.717) is 35.9 Å². The lowest BCUT2D eigenvalue weighted by atomic mass is 10.1. The van der Waals surface area contributed by atoms with Gasteiger partial charge in [-0.05, 0) is 51.1 Å². The number of benzene rings is 1. The predicted molar refractivity (Wildman–Crippen MR) is 94.6 cm³/mol. The molecule has 1 amide bonds. The Kier molecular flexibility index (Phi) is 6.63. The summed E-state index contributed by atoms with van der Waals surface area (Å²) in [6.45, 7) is 4.94. The SMILES string of the molecule is Cc1cc(C[C@@H](C)NC(=O)c2ccc(OCCCN)c(Cl)c2)n[nH]1. The third-order valence-electron chi connectivity index (χ3n) is 3.45. The van der Waals surface area contributed by atoms with Crippen LogP contribution >= 0.6 is 11.6 Å². The highest BCUT2D eigenvalue weighted by molar-refractivity contribution is 6.32. The molecule has 0 aliphatic heterocycles. The molecule has 24 heavy (non-hydrogen) atoms. The van der Waals surface area contributed by atoms with Crippen LogP contribution in [0.15, 0.2) is 24.3 Å². The number of carbonyl (C=O) groups excluding carboxylic acids is 1. The Morgan fingerprint density at radius 2 is 2.25 bits per heavy atom. The van der Waals surface area contributed by atoms with Crippen molar-refractivity contribution in [3.63, 3.8) is 0 Å². The highest BCUT2D eigenvalue weighted by Crippen LogP contribution is 2.25. The van der Waals surface area contributed by atoms with E-state index in [1.165, 1.54) is 0 Å². The summed E-state index contributed by atoms with van der Waals surface area (Å²) in [5, 5.41) is 10.4. The first kappa shape index (κ1) is 18.3. The van der Waals surface area contributed by atoms with Crippen LogP contribution in [-0.4, -0.2) is 35.3 Å². The maximum atomic E-state index is 12.3. The molecule has 0 spiro atoms. The summed E-state index contributed by atoms with van der Waals surface area (Å²) in [6.07, 6.45) is 1.41. The normalized spacial score (nSPS) is 12.0. The van der Waals surface area contributed by atoms with Crippen molar-refractivity contribution in [3.8, 4) is 5.75 Å². The van der Waals surface area contributed by atoms with Gasteiger partial charge in [0.15, 0.2) is 0 Å². The molecule has 2 aromatic rings. The zero-order valence-corrected chi connectivity index (χ0v) is 14.7. The van der Waals surface area contributed by atoms with E-state index in [1.807, 2.05) is 19.9 Å². The van der Waals surface area contributed by atoms with E-state index in [1.54, 1.807) is 18.2 Å². The zero-order chi connectivity index (χ0) is 17.5. The van der Waals surface area contributed by atoms with Crippen LogP contribution in [0.25, 0.3) is 0 Å². The third kappa shape index (κ3) is 5.25. The van der Waals surface area contributed by atoms with Crippen LogP contribution in [0.2, 0.25) is 5.02 Å². The summed E-state index contributed by atoms with van der Waals surface area (Å²) in [7, 11) is 0. The maximum absolute atomic E-state index is 12.3. The number of rotatable bonds is 8. The summed E-state index contributed by atoms with van der Waals surface area (Å²) in [6, 6.07) is 6.94. The molecule has 0 aliphatic rings. The predicted octanol–water partition coefficient (Wildman–Crippen LogP) is 2.46. The van der Waals surface area contributed by atoms with Gasteiger partial charge in [-0.3, -0.25) is 9.89 Å². The summed E-state index contributed by atoms with van der Waals surface area (Å²) in [5.74, 6) is 0.381. The van der Waals surface area contributed by atoms with Crippen LogP contribution in [0.4, 0.5) is 0 Å². The second-order valence-corrected chi connectivity index (χ2v) is 6.16. The molecule has 0 radical (unpaired) electrons. The van der Waals surface area contributed by atoms with Crippen LogP contribution in [0, 0.1) is 6.92 Å². The number of ether oxygens (including phenoxy) is 1. The molecule has 1 aromatic carbocycles. The van der Waals surface area contributed by atoms with Gasteiger partial charge in [0.1, 0.15) is 5.75 Å². The Hall–Kier alpha value is -2.05. The Bertz CT molecular complexity index is 687. The first-order valence-corrected chi connectivity index (χ1v) is 8.31. The lowest BCUT2D eigenvalue weighted by Gasteiger charge is -2.13. The van der Waals surface area contributed by atoms with Crippen molar-refractivity contribution >= 4 is 17.5 Å². The van der Waals surface area contributed by atoms with Gasteiger partial charge in [0, 0.05) is 23.7 Å². The molecule has 7 heteroatoms. The van der Waals surface area contributed by atoms with Gasteiger partial charge in [-0.25, -0.2) is 0 Å².